The molecule has 0 radical (unpaired) electrons. The van der Waals surface area contributed by atoms with Gasteiger partial charge in [0.1, 0.15) is 9.88 Å². The number of esters is 1. The van der Waals surface area contributed by atoms with Crippen LogP contribution in [0.25, 0.3) is 10.2 Å². The van der Waals surface area contributed by atoms with Crippen molar-refractivity contribution in [3.8, 4) is 0 Å². The van der Waals surface area contributed by atoms with Crippen molar-refractivity contribution in [2.45, 2.75) is 13.0 Å². The summed E-state index contributed by atoms with van der Waals surface area (Å²) < 4.78 is 7.48. The molecule has 0 fully saturated rings. The van der Waals surface area contributed by atoms with Crippen LogP contribution in [0.5, 0.6) is 0 Å². The average Bonchev–Trinajstić information content (AvgIpc) is 3.04. The molecule has 3 aromatic rings. The van der Waals surface area contributed by atoms with Gasteiger partial charge in [-0.3, -0.25) is 0 Å². The predicted octanol–water partition coefficient (Wildman–Crippen LogP) is 5.04. The van der Waals surface area contributed by atoms with Crippen LogP contribution < -0.4 is 0 Å². The summed E-state index contributed by atoms with van der Waals surface area (Å²) in [4.78, 5) is 17.1. The molecule has 0 amide bonds. The Balaban J connectivity index is 1.78. The summed E-state index contributed by atoms with van der Waals surface area (Å²) in [6, 6.07) is 11.5. The number of nitrogens with zero attached hydrogens (tertiary/aromatic N) is 1. The number of benzene rings is 1. The molecule has 0 N–H and O–H groups in total. The summed E-state index contributed by atoms with van der Waals surface area (Å²) in [5.41, 5.74) is 0.939. The topological polar surface area (TPSA) is 39.2 Å². The van der Waals surface area contributed by atoms with E-state index in [1.807, 2.05) is 37.3 Å². The zero-order valence-electron chi connectivity index (χ0n) is 10.5. The molecule has 2 aromatic heterocycles. The Hall–Kier alpha value is -1.24. The highest BCUT2D eigenvalue weighted by Gasteiger charge is 2.18. The quantitative estimate of drug-likeness (QED) is 0.608. The maximum Gasteiger partial charge on any atom is 0.349 e. The third-order valence-electron chi connectivity index (χ3n) is 2.72. The van der Waals surface area contributed by atoms with Crippen molar-refractivity contribution in [1.82, 2.24) is 4.98 Å². The molecule has 3 nitrogen and oxygen atoms in total. The molecule has 2 heterocycles. The molecular weight excluding hydrogens is 358 g/mol. The van der Waals surface area contributed by atoms with Gasteiger partial charge in [0.15, 0.2) is 6.10 Å². The first kappa shape index (κ1) is 13.7. The zero-order chi connectivity index (χ0) is 14.1. The van der Waals surface area contributed by atoms with Gasteiger partial charge in [0, 0.05) is 0 Å². The number of aromatic nitrogens is 1. The number of thiazole rings is 1. The van der Waals surface area contributed by atoms with Gasteiger partial charge in [-0.1, -0.05) is 12.1 Å². The van der Waals surface area contributed by atoms with E-state index in [2.05, 4.69) is 20.9 Å². The van der Waals surface area contributed by atoms with E-state index in [0.717, 1.165) is 19.0 Å². The summed E-state index contributed by atoms with van der Waals surface area (Å²) in [6.07, 6.45) is -0.347. The summed E-state index contributed by atoms with van der Waals surface area (Å²) in [5.74, 6) is -0.313. The van der Waals surface area contributed by atoms with Crippen molar-refractivity contribution in [3.05, 3.63) is 50.1 Å². The molecule has 6 heteroatoms. The highest BCUT2D eigenvalue weighted by molar-refractivity contribution is 9.11. The van der Waals surface area contributed by atoms with E-state index in [-0.39, 0.29) is 12.1 Å². The zero-order valence-corrected chi connectivity index (χ0v) is 13.7. The number of halogens is 1. The second-order valence-electron chi connectivity index (χ2n) is 4.17. The van der Waals surface area contributed by atoms with Crippen LogP contribution in [0.3, 0.4) is 0 Å². The van der Waals surface area contributed by atoms with Crippen LogP contribution in [-0.2, 0) is 4.74 Å². The van der Waals surface area contributed by atoms with Gasteiger partial charge in [-0.25, -0.2) is 9.78 Å². The third-order valence-corrected chi connectivity index (χ3v) is 5.52. The minimum absolute atomic E-state index is 0.313. The van der Waals surface area contributed by atoms with E-state index in [1.165, 1.54) is 11.3 Å². The Labute approximate surface area is 132 Å². The molecule has 0 saturated carbocycles. The first-order valence-electron chi connectivity index (χ1n) is 5.95. The Morgan fingerprint density at radius 3 is 2.75 bits per heavy atom. The largest absolute Gasteiger partial charge is 0.451 e. The number of para-hydroxylation sites is 1. The number of carbonyl (C=O) groups is 1. The molecule has 0 aliphatic carbocycles. The maximum absolute atomic E-state index is 12.0. The molecule has 0 aliphatic heterocycles. The molecule has 0 aliphatic rings. The van der Waals surface area contributed by atoms with Crippen LogP contribution in [0.15, 0.2) is 40.2 Å². The van der Waals surface area contributed by atoms with E-state index < -0.39 is 0 Å². The van der Waals surface area contributed by atoms with E-state index >= 15 is 0 Å². The van der Waals surface area contributed by atoms with Crippen molar-refractivity contribution in [2.75, 3.05) is 0 Å². The van der Waals surface area contributed by atoms with Gasteiger partial charge in [-0.2, -0.15) is 0 Å². The lowest BCUT2D eigenvalue weighted by atomic mass is 10.3. The van der Waals surface area contributed by atoms with Crippen LogP contribution in [0.1, 0.15) is 27.7 Å². The Kier molecular flexibility index (Phi) is 3.87. The molecule has 0 bridgehead atoms. The van der Waals surface area contributed by atoms with Gasteiger partial charge >= 0.3 is 5.97 Å². The van der Waals surface area contributed by atoms with Gasteiger partial charge in [0.2, 0.25) is 0 Å². The van der Waals surface area contributed by atoms with Crippen molar-refractivity contribution < 1.29 is 9.53 Å². The fraction of sp³-hybridized carbons (Fsp3) is 0.143. The summed E-state index contributed by atoms with van der Waals surface area (Å²) >= 11 is 6.25. The molecule has 102 valence electrons. The Morgan fingerprint density at radius 1 is 1.25 bits per heavy atom. The number of thiophene rings is 1. The lowest BCUT2D eigenvalue weighted by Gasteiger charge is -2.09. The number of rotatable bonds is 3. The van der Waals surface area contributed by atoms with E-state index in [1.54, 1.807) is 17.4 Å². The number of hydrogen-bond donors (Lipinski definition) is 0. The third kappa shape index (κ3) is 2.77. The van der Waals surface area contributed by atoms with Crippen LogP contribution in [-0.4, -0.2) is 11.0 Å². The normalized spacial score (nSPS) is 12.5. The predicted molar refractivity (Wildman–Crippen MR) is 85.5 cm³/mol. The second kappa shape index (κ2) is 5.63. The van der Waals surface area contributed by atoms with Crippen molar-refractivity contribution in [3.63, 3.8) is 0 Å². The van der Waals surface area contributed by atoms with Gasteiger partial charge in [0.05, 0.1) is 14.0 Å². The average molecular weight is 368 g/mol. The van der Waals surface area contributed by atoms with E-state index in [9.17, 15) is 4.79 Å². The smallest absolute Gasteiger partial charge is 0.349 e. The molecular formula is C14H10BrNO2S2. The first-order chi connectivity index (χ1) is 9.63. The summed E-state index contributed by atoms with van der Waals surface area (Å²) in [5, 5.41) is 0.815. The molecule has 1 atom stereocenters. The number of fused-ring (bicyclic) bond motifs is 1. The van der Waals surface area contributed by atoms with Crippen LogP contribution >= 0.6 is 38.6 Å². The van der Waals surface area contributed by atoms with Gasteiger partial charge in [-0.05, 0) is 47.1 Å². The van der Waals surface area contributed by atoms with Crippen molar-refractivity contribution in [2.24, 2.45) is 0 Å². The standard InChI is InChI=1S/C14H10BrNO2S2/c1-8(18-14(17)11-6-7-12(15)19-11)13-16-9-4-2-3-5-10(9)20-13/h2-8H,1H3. The second-order valence-corrected chi connectivity index (χ2v) is 7.70. The summed E-state index contributed by atoms with van der Waals surface area (Å²) in [7, 11) is 0. The summed E-state index contributed by atoms with van der Waals surface area (Å²) in [6.45, 7) is 1.85. The van der Waals surface area contributed by atoms with Crippen LogP contribution in [0, 0.1) is 0 Å². The molecule has 20 heavy (non-hydrogen) atoms. The van der Waals surface area contributed by atoms with Gasteiger partial charge < -0.3 is 4.74 Å². The van der Waals surface area contributed by atoms with Crippen molar-refractivity contribution >= 4 is 54.8 Å². The van der Waals surface area contributed by atoms with Crippen molar-refractivity contribution in [1.29, 1.82) is 0 Å². The number of ether oxygens (including phenoxy) is 1. The molecule has 3 rings (SSSR count). The Bertz CT molecular complexity index is 732. The van der Waals surface area contributed by atoms with Gasteiger partial charge in [-0.15, -0.1) is 22.7 Å². The lowest BCUT2D eigenvalue weighted by molar-refractivity contribution is 0.0343. The molecule has 0 saturated heterocycles. The fourth-order valence-corrected chi connectivity index (χ4v) is 3.97. The monoisotopic (exact) mass is 367 g/mol. The minimum Gasteiger partial charge on any atom is -0.451 e. The molecule has 0 spiro atoms. The number of hydrogen-bond acceptors (Lipinski definition) is 5. The first-order valence-corrected chi connectivity index (χ1v) is 8.38. The SMILES string of the molecule is CC(OC(=O)c1ccc(Br)s1)c1nc2ccccc2s1. The number of carbonyl (C=O) groups excluding carboxylic acids is 1. The molecule has 1 aromatic carbocycles. The lowest BCUT2D eigenvalue weighted by Crippen LogP contribution is -2.07. The highest BCUT2D eigenvalue weighted by atomic mass is 79.9. The van der Waals surface area contributed by atoms with E-state index in [4.69, 9.17) is 4.74 Å². The highest BCUT2D eigenvalue weighted by Crippen LogP contribution is 2.29. The Morgan fingerprint density at radius 2 is 2.05 bits per heavy atom. The van der Waals surface area contributed by atoms with E-state index in [0.29, 0.717) is 4.88 Å². The van der Waals surface area contributed by atoms with Crippen LogP contribution in [0.2, 0.25) is 0 Å². The fourth-order valence-electron chi connectivity index (χ4n) is 1.76. The minimum atomic E-state index is -0.347. The maximum atomic E-state index is 12.0. The molecule has 1 unspecified atom stereocenters. The van der Waals surface area contributed by atoms with Gasteiger partial charge in [0.25, 0.3) is 0 Å². The van der Waals surface area contributed by atoms with Crippen LogP contribution in [0.4, 0.5) is 0 Å².